The van der Waals surface area contributed by atoms with Gasteiger partial charge >= 0.3 is 0 Å². The van der Waals surface area contributed by atoms with E-state index in [0.29, 0.717) is 27.2 Å². The number of nitrogens with one attached hydrogen (secondary N) is 1. The number of allylic oxidation sites excluding steroid dienone is 1. The van der Waals surface area contributed by atoms with E-state index in [-0.39, 0.29) is 12.3 Å². The van der Waals surface area contributed by atoms with Gasteiger partial charge in [0.25, 0.3) is 5.69 Å². The van der Waals surface area contributed by atoms with Crippen LogP contribution in [0.2, 0.25) is 0 Å². The molecule has 0 fully saturated rings. The van der Waals surface area contributed by atoms with Crippen molar-refractivity contribution in [3.63, 3.8) is 0 Å². The Morgan fingerprint density at radius 1 is 1.19 bits per heavy atom. The molecule has 0 radical (unpaired) electrons. The summed E-state index contributed by atoms with van der Waals surface area (Å²) >= 11 is 6.99. The van der Waals surface area contributed by atoms with Gasteiger partial charge in [0.2, 0.25) is 0 Å². The number of nitro benzene ring substituents is 1. The molecule has 32 heavy (non-hydrogen) atoms. The van der Waals surface area contributed by atoms with Crippen LogP contribution < -0.4 is 4.74 Å². The van der Waals surface area contributed by atoms with Crippen LogP contribution in [-0.2, 0) is 6.61 Å². The first kappa shape index (κ1) is 21.7. The topological polar surface area (TPSA) is 105 Å². The monoisotopic (exact) mass is 552 g/mol. The number of nitriles is 1. The molecule has 1 N–H and O–H groups in total. The number of nitro groups is 1. The number of hydrogen-bond donors (Lipinski definition) is 1. The largest absolute Gasteiger partial charge is 0.487 e. The second-order valence-electron chi connectivity index (χ2n) is 6.79. The summed E-state index contributed by atoms with van der Waals surface area (Å²) < 4.78 is 7.53. The molecule has 0 amide bonds. The van der Waals surface area contributed by atoms with Gasteiger partial charge in [-0.05, 0) is 64.0 Å². The molecule has 0 atom stereocenters. The molecular formula is C23H14Br2N4O3. The molecule has 4 aromatic rings. The first-order chi connectivity index (χ1) is 15.4. The molecule has 158 valence electrons. The van der Waals surface area contributed by atoms with E-state index < -0.39 is 4.92 Å². The van der Waals surface area contributed by atoms with Crippen LogP contribution in [0.3, 0.4) is 0 Å². The van der Waals surface area contributed by atoms with Crippen molar-refractivity contribution in [1.82, 2.24) is 9.97 Å². The van der Waals surface area contributed by atoms with Crippen molar-refractivity contribution in [2.75, 3.05) is 0 Å². The number of aromatic nitrogens is 2. The predicted octanol–water partition coefficient (Wildman–Crippen LogP) is 6.64. The molecule has 0 spiro atoms. The molecule has 0 saturated carbocycles. The molecule has 0 aliphatic rings. The number of benzene rings is 3. The van der Waals surface area contributed by atoms with E-state index in [1.807, 2.05) is 36.4 Å². The SMILES string of the molecule is N#C/C(=C\c1cc(Br)cc(Br)c1OCc1ccc([N+](=O)[O-])cc1)c1nc2ccccc2[nH]1. The van der Waals surface area contributed by atoms with Crippen molar-refractivity contribution in [3.05, 3.63) is 96.7 Å². The summed E-state index contributed by atoms with van der Waals surface area (Å²) in [5.74, 6) is 1.00. The van der Waals surface area contributed by atoms with E-state index in [2.05, 4.69) is 47.9 Å². The van der Waals surface area contributed by atoms with Crippen LogP contribution >= 0.6 is 31.9 Å². The van der Waals surface area contributed by atoms with Gasteiger partial charge in [-0.2, -0.15) is 5.26 Å². The molecule has 1 heterocycles. The number of ether oxygens (including phenoxy) is 1. The minimum Gasteiger partial charge on any atom is -0.487 e. The number of hydrogen-bond acceptors (Lipinski definition) is 5. The predicted molar refractivity (Wildman–Crippen MR) is 129 cm³/mol. The van der Waals surface area contributed by atoms with Crippen molar-refractivity contribution in [1.29, 1.82) is 5.26 Å². The second-order valence-corrected chi connectivity index (χ2v) is 8.56. The quantitative estimate of drug-likeness (QED) is 0.164. The molecule has 7 nitrogen and oxygen atoms in total. The third kappa shape index (κ3) is 4.72. The maximum Gasteiger partial charge on any atom is 0.269 e. The Labute approximate surface area is 199 Å². The summed E-state index contributed by atoms with van der Waals surface area (Å²) in [4.78, 5) is 18.1. The number of non-ortho nitro benzene ring substituents is 1. The summed E-state index contributed by atoms with van der Waals surface area (Å²) in [7, 11) is 0. The highest BCUT2D eigenvalue weighted by Gasteiger charge is 2.14. The lowest BCUT2D eigenvalue weighted by atomic mass is 10.1. The Kier molecular flexibility index (Phi) is 6.35. The van der Waals surface area contributed by atoms with E-state index in [1.165, 1.54) is 12.1 Å². The molecule has 0 unspecified atom stereocenters. The average Bonchev–Trinajstić information content (AvgIpc) is 3.21. The number of aromatic amines is 1. The first-order valence-corrected chi connectivity index (χ1v) is 11.0. The Bertz CT molecular complexity index is 1360. The summed E-state index contributed by atoms with van der Waals surface area (Å²) in [6.07, 6.45) is 1.71. The fourth-order valence-electron chi connectivity index (χ4n) is 3.10. The van der Waals surface area contributed by atoms with E-state index in [4.69, 9.17) is 4.74 Å². The molecule has 0 bridgehead atoms. The van der Waals surface area contributed by atoms with E-state index >= 15 is 0 Å². The van der Waals surface area contributed by atoms with Crippen LogP contribution in [-0.4, -0.2) is 14.9 Å². The minimum atomic E-state index is -0.444. The lowest BCUT2D eigenvalue weighted by Crippen LogP contribution is -1.99. The van der Waals surface area contributed by atoms with Gasteiger partial charge in [0.05, 0.1) is 26.0 Å². The zero-order chi connectivity index (χ0) is 22.7. The summed E-state index contributed by atoms with van der Waals surface area (Å²) in [6, 6.07) is 19.6. The van der Waals surface area contributed by atoms with Crippen molar-refractivity contribution in [2.24, 2.45) is 0 Å². The summed E-state index contributed by atoms with van der Waals surface area (Å²) in [6.45, 7) is 0.200. The minimum absolute atomic E-state index is 0.0201. The van der Waals surface area contributed by atoms with Crippen LogP contribution in [0.15, 0.2) is 69.6 Å². The summed E-state index contributed by atoms with van der Waals surface area (Å²) in [5.41, 5.74) is 3.43. The number of halogens is 2. The molecule has 1 aromatic heterocycles. The van der Waals surface area contributed by atoms with Crippen LogP contribution in [0.4, 0.5) is 5.69 Å². The zero-order valence-electron chi connectivity index (χ0n) is 16.4. The lowest BCUT2D eigenvalue weighted by molar-refractivity contribution is -0.384. The third-order valence-electron chi connectivity index (χ3n) is 4.63. The number of imidazole rings is 1. The maximum atomic E-state index is 10.8. The molecule has 0 aliphatic carbocycles. The number of para-hydroxylation sites is 2. The molecule has 0 aliphatic heterocycles. The van der Waals surface area contributed by atoms with Gasteiger partial charge in [0.1, 0.15) is 24.3 Å². The fraction of sp³-hybridized carbons (Fsp3) is 0.0435. The zero-order valence-corrected chi connectivity index (χ0v) is 19.6. The van der Waals surface area contributed by atoms with Crippen LogP contribution in [0, 0.1) is 21.4 Å². The van der Waals surface area contributed by atoms with Gasteiger partial charge < -0.3 is 9.72 Å². The fourth-order valence-corrected chi connectivity index (χ4v) is 4.47. The average molecular weight is 554 g/mol. The maximum absolute atomic E-state index is 10.8. The van der Waals surface area contributed by atoms with Gasteiger partial charge in [-0.1, -0.05) is 28.1 Å². The van der Waals surface area contributed by atoms with Crippen LogP contribution in [0.1, 0.15) is 17.0 Å². The third-order valence-corrected chi connectivity index (χ3v) is 5.68. The summed E-state index contributed by atoms with van der Waals surface area (Å²) in [5, 5.41) is 20.6. The van der Waals surface area contributed by atoms with E-state index in [1.54, 1.807) is 18.2 Å². The number of fused-ring (bicyclic) bond motifs is 1. The van der Waals surface area contributed by atoms with Crippen molar-refractivity contribution >= 4 is 60.2 Å². The second kappa shape index (κ2) is 9.34. The Hall–Kier alpha value is -3.48. The van der Waals surface area contributed by atoms with Gasteiger partial charge in [-0.15, -0.1) is 0 Å². The molecule has 9 heteroatoms. The molecule has 3 aromatic carbocycles. The highest BCUT2D eigenvalue weighted by Crippen LogP contribution is 2.36. The van der Waals surface area contributed by atoms with Crippen LogP contribution in [0.5, 0.6) is 5.75 Å². The normalized spacial score (nSPS) is 11.3. The number of H-pyrrole nitrogens is 1. The molecule has 0 saturated heterocycles. The lowest BCUT2D eigenvalue weighted by Gasteiger charge is -2.13. The highest BCUT2D eigenvalue weighted by atomic mass is 79.9. The van der Waals surface area contributed by atoms with Crippen molar-refractivity contribution < 1.29 is 9.66 Å². The van der Waals surface area contributed by atoms with Crippen molar-refractivity contribution in [2.45, 2.75) is 6.61 Å². The van der Waals surface area contributed by atoms with E-state index in [9.17, 15) is 15.4 Å². The van der Waals surface area contributed by atoms with Gasteiger partial charge in [0.15, 0.2) is 0 Å². The van der Waals surface area contributed by atoms with Gasteiger partial charge in [-0.3, -0.25) is 10.1 Å². The Balaban J connectivity index is 1.67. The van der Waals surface area contributed by atoms with Crippen LogP contribution in [0.25, 0.3) is 22.7 Å². The standard InChI is InChI=1S/C23H14Br2N4O3/c24-17-10-15(9-16(12-26)23-27-20-3-1-2-4-21(20)28-23)22(19(25)11-17)32-13-14-5-7-18(8-6-14)29(30)31/h1-11H,13H2,(H,27,28)/b16-9+. The van der Waals surface area contributed by atoms with Crippen molar-refractivity contribution in [3.8, 4) is 11.8 Å². The molecule has 4 rings (SSSR count). The van der Waals surface area contributed by atoms with E-state index in [0.717, 1.165) is 21.1 Å². The smallest absolute Gasteiger partial charge is 0.269 e. The Morgan fingerprint density at radius 3 is 2.62 bits per heavy atom. The highest BCUT2D eigenvalue weighted by molar-refractivity contribution is 9.11. The van der Waals surface area contributed by atoms with Gasteiger partial charge in [-0.25, -0.2) is 4.98 Å². The number of nitrogens with zero attached hydrogens (tertiary/aromatic N) is 3. The molecular weight excluding hydrogens is 540 g/mol. The number of rotatable bonds is 6. The van der Waals surface area contributed by atoms with Gasteiger partial charge in [0, 0.05) is 22.2 Å². The Morgan fingerprint density at radius 2 is 1.94 bits per heavy atom. The first-order valence-electron chi connectivity index (χ1n) is 9.36.